The molecule has 0 bridgehead atoms. The molecule has 0 aliphatic carbocycles. The fourth-order valence-electron chi connectivity index (χ4n) is 1.53. The van der Waals surface area contributed by atoms with Crippen LogP contribution >= 0.6 is 22.2 Å². The van der Waals surface area contributed by atoms with Gasteiger partial charge in [-0.25, -0.2) is 4.79 Å². The van der Waals surface area contributed by atoms with E-state index < -0.39 is 6.69 Å². The number of esters is 1. The Bertz CT molecular complexity index is 262. The Morgan fingerprint density at radius 1 is 1.11 bits per heavy atom. The summed E-state index contributed by atoms with van der Waals surface area (Å²) in [7, 11) is 0. The second-order valence-electron chi connectivity index (χ2n) is 4.86. The summed E-state index contributed by atoms with van der Waals surface area (Å²) in [6, 6.07) is 0.979. The van der Waals surface area contributed by atoms with Crippen LogP contribution in [0, 0.1) is 0 Å². The van der Waals surface area contributed by atoms with Gasteiger partial charge in [-0.05, 0) is 25.9 Å². The predicted octanol–water partition coefficient (Wildman–Crippen LogP) is 5.00. The Morgan fingerprint density at radius 3 is 2.11 bits per heavy atom. The summed E-state index contributed by atoms with van der Waals surface area (Å²) in [5.74, 6) is -0.288. The SMILES string of the molecule is C=C(C)C(=O)OCCCCCCCC[Si](C)(Cl)Cl. The van der Waals surface area contributed by atoms with E-state index in [2.05, 4.69) is 6.58 Å². The summed E-state index contributed by atoms with van der Waals surface area (Å²) < 4.78 is 5.01. The molecule has 0 atom stereocenters. The first kappa shape index (κ1) is 18.0. The van der Waals surface area contributed by atoms with Crippen LogP contribution in [0.15, 0.2) is 12.2 Å². The van der Waals surface area contributed by atoms with E-state index in [1.807, 2.05) is 6.55 Å². The number of hydrogen-bond donors (Lipinski definition) is 0. The number of unbranched alkanes of at least 4 members (excludes halogenated alkanes) is 5. The number of hydrogen-bond acceptors (Lipinski definition) is 2. The second kappa shape index (κ2) is 9.87. The summed E-state index contributed by atoms with van der Waals surface area (Å²) >= 11 is 12.0. The quantitative estimate of drug-likeness (QED) is 0.187. The molecule has 0 heterocycles. The third kappa shape index (κ3) is 12.5. The van der Waals surface area contributed by atoms with Crippen molar-refractivity contribution in [1.29, 1.82) is 0 Å². The number of carbonyl (C=O) groups excluding carboxylic acids is 1. The first-order valence-electron chi connectivity index (χ1n) is 6.53. The molecule has 0 aliphatic heterocycles. The van der Waals surface area contributed by atoms with E-state index in [-0.39, 0.29) is 5.97 Å². The van der Waals surface area contributed by atoms with Crippen LogP contribution < -0.4 is 0 Å². The minimum absolute atomic E-state index is 0.288. The predicted molar refractivity (Wildman–Crippen MR) is 81.6 cm³/mol. The van der Waals surface area contributed by atoms with E-state index in [0.29, 0.717) is 12.2 Å². The monoisotopic (exact) mass is 310 g/mol. The lowest BCUT2D eigenvalue weighted by molar-refractivity contribution is -0.139. The van der Waals surface area contributed by atoms with E-state index in [0.717, 1.165) is 25.3 Å². The van der Waals surface area contributed by atoms with Gasteiger partial charge in [0.05, 0.1) is 6.61 Å². The van der Waals surface area contributed by atoms with Crippen LogP contribution in [-0.2, 0) is 9.53 Å². The second-order valence-corrected chi connectivity index (χ2v) is 13.1. The zero-order chi connectivity index (χ0) is 14.0. The maximum absolute atomic E-state index is 11.1. The molecular formula is C13H24Cl2O2Si. The van der Waals surface area contributed by atoms with Crippen molar-refractivity contribution in [3.63, 3.8) is 0 Å². The van der Waals surface area contributed by atoms with Gasteiger partial charge in [-0.1, -0.05) is 38.7 Å². The van der Waals surface area contributed by atoms with Gasteiger partial charge in [0.15, 0.2) is 0 Å². The molecule has 2 nitrogen and oxygen atoms in total. The fraction of sp³-hybridized carbons (Fsp3) is 0.769. The lowest BCUT2D eigenvalue weighted by atomic mass is 10.1. The molecule has 0 radical (unpaired) electrons. The molecule has 0 amide bonds. The fourth-order valence-corrected chi connectivity index (χ4v) is 3.21. The van der Waals surface area contributed by atoms with Crippen molar-refractivity contribution < 1.29 is 9.53 Å². The van der Waals surface area contributed by atoms with E-state index in [1.165, 1.54) is 19.3 Å². The largest absolute Gasteiger partial charge is 0.462 e. The topological polar surface area (TPSA) is 26.3 Å². The van der Waals surface area contributed by atoms with Crippen LogP contribution in [0.2, 0.25) is 12.6 Å². The molecule has 0 rings (SSSR count). The Balaban J connectivity index is 3.22. The van der Waals surface area contributed by atoms with Gasteiger partial charge in [-0.2, -0.15) is 0 Å². The molecular weight excluding hydrogens is 287 g/mol. The van der Waals surface area contributed by atoms with Gasteiger partial charge in [0.25, 0.3) is 0 Å². The van der Waals surface area contributed by atoms with Crippen molar-refractivity contribution in [3.05, 3.63) is 12.2 Å². The van der Waals surface area contributed by atoms with Gasteiger partial charge in [-0.15, -0.1) is 22.2 Å². The minimum atomic E-state index is -1.88. The summed E-state index contributed by atoms with van der Waals surface area (Å²) in [6.45, 7) is 5.77. The number of carbonyl (C=O) groups is 1. The number of ether oxygens (including phenoxy) is 1. The van der Waals surface area contributed by atoms with Crippen LogP contribution in [0.25, 0.3) is 0 Å². The Morgan fingerprint density at radius 2 is 1.61 bits per heavy atom. The minimum Gasteiger partial charge on any atom is -0.462 e. The van der Waals surface area contributed by atoms with Gasteiger partial charge in [0.1, 0.15) is 0 Å². The van der Waals surface area contributed by atoms with Crippen molar-refractivity contribution in [2.45, 2.75) is 58.0 Å². The molecule has 0 saturated heterocycles. The summed E-state index contributed by atoms with van der Waals surface area (Å²) in [5, 5.41) is 0. The molecule has 0 aromatic carbocycles. The van der Waals surface area contributed by atoms with Gasteiger partial charge < -0.3 is 4.74 Å². The lowest BCUT2D eigenvalue weighted by Crippen LogP contribution is -2.11. The van der Waals surface area contributed by atoms with Gasteiger partial charge in [0, 0.05) is 5.57 Å². The summed E-state index contributed by atoms with van der Waals surface area (Å²) in [4.78, 5) is 11.1. The molecule has 0 aromatic heterocycles. The zero-order valence-corrected chi connectivity index (χ0v) is 13.9. The molecule has 0 aliphatic rings. The van der Waals surface area contributed by atoms with Crippen molar-refractivity contribution in [1.82, 2.24) is 0 Å². The average molecular weight is 311 g/mol. The Hall–Kier alpha value is 0.00688. The molecule has 0 saturated carbocycles. The highest BCUT2D eigenvalue weighted by Crippen LogP contribution is 2.23. The molecule has 18 heavy (non-hydrogen) atoms. The van der Waals surface area contributed by atoms with Crippen molar-refractivity contribution in [2.24, 2.45) is 0 Å². The molecule has 106 valence electrons. The first-order chi connectivity index (χ1) is 8.33. The highest BCUT2D eigenvalue weighted by molar-refractivity contribution is 7.44. The van der Waals surface area contributed by atoms with E-state index in [4.69, 9.17) is 26.9 Å². The third-order valence-electron chi connectivity index (χ3n) is 2.59. The lowest BCUT2D eigenvalue weighted by Gasteiger charge is -2.09. The van der Waals surface area contributed by atoms with E-state index in [1.54, 1.807) is 6.92 Å². The average Bonchev–Trinajstić information content (AvgIpc) is 2.24. The summed E-state index contributed by atoms with van der Waals surface area (Å²) in [5.41, 5.74) is 0.462. The van der Waals surface area contributed by atoms with Gasteiger partial charge in [-0.3, -0.25) is 0 Å². The normalized spacial score (nSPS) is 11.3. The molecule has 5 heteroatoms. The third-order valence-corrected chi connectivity index (χ3v) is 4.96. The van der Waals surface area contributed by atoms with Crippen LogP contribution in [0.4, 0.5) is 0 Å². The standard InChI is InChI=1S/C13H24Cl2O2Si/c1-12(2)13(16)17-10-8-6-4-5-7-9-11-18(3,14)15/h1,4-11H2,2-3H3. The highest BCUT2D eigenvalue weighted by Gasteiger charge is 2.19. The maximum atomic E-state index is 11.1. The molecule has 0 aromatic rings. The molecule has 0 fully saturated rings. The molecule has 0 spiro atoms. The summed E-state index contributed by atoms with van der Waals surface area (Å²) in [6.07, 6.45) is 6.71. The Labute approximate surface area is 121 Å². The van der Waals surface area contributed by atoms with E-state index >= 15 is 0 Å². The van der Waals surface area contributed by atoms with Crippen molar-refractivity contribution in [2.75, 3.05) is 6.61 Å². The number of halogens is 2. The zero-order valence-electron chi connectivity index (χ0n) is 11.4. The van der Waals surface area contributed by atoms with Crippen LogP contribution in [-0.4, -0.2) is 19.3 Å². The smallest absolute Gasteiger partial charge is 0.333 e. The molecule has 0 N–H and O–H groups in total. The van der Waals surface area contributed by atoms with Gasteiger partial charge >= 0.3 is 5.97 Å². The Kier molecular flexibility index (Phi) is 9.88. The van der Waals surface area contributed by atoms with Crippen LogP contribution in [0.5, 0.6) is 0 Å². The molecule has 0 unspecified atom stereocenters. The van der Waals surface area contributed by atoms with Crippen LogP contribution in [0.1, 0.15) is 45.4 Å². The first-order valence-corrected chi connectivity index (χ1v) is 11.3. The maximum Gasteiger partial charge on any atom is 0.333 e. The van der Waals surface area contributed by atoms with Crippen LogP contribution in [0.3, 0.4) is 0 Å². The number of rotatable bonds is 10. The van der Waals surface area contributed by atoms with E-state index in [9.17, 15) is 4.79 Å². The highest BCUT2D eigenvalue weighted by atomic mass is 35.7. The van der Waals surface area contributed by atoms with Crippen molar-refractivity contribution in [3.8, 4) is 0 Å². The van der Waals surface area contributed by atoms with Crippen molar-refractivity contribution >= 4 is 34.8 Å². The van der Waals surface area contributed by atoms with Gasteiger partial charge in [0.2, 0.25) is 6.69 Å².